The van der Waals surface area contributed by atoms with Gasteiger partial charge in [-0.25, -0.2) is 14.6 Å². The zero-order chi connectivity index (χ0) is 23.4. The van der Waals surface area contributed by atoms with Crippen molar-refractivity contribution in [1.29, 1.82) is 0 Å². The number of benzene rings is 2. The van der Waals surface area contributed by atoms with E-state index in [1.54, 1.807) is 4.68 Å². The quantitative estimate of drug-likeness (QED) is 0.376. The molecule has 0 saturated heterocycles. The third kappa shape index (κ3) is 4.80. The van der Waals surface area contributed by atoms with Crippen molar-refractivity contribution in [3.05, 3.63) is 65.7 Å². The van der Waals surface area contributed by atoms with E-state index in [-0.39, 0.29) is 11.7 Å². The van der Waals surface area contributed by atoms with Gasteiger partial charge in [-0.05, 0) is 49.9 Å². The first-order valence-electron chi connectivity index (χ1n) is 11.4. The molecule has 1 N–H and O–H groups in total. The molecule has 172 valence electrons. The van der Waals surface area contributed by atoms with Crippen molar-refractivity contribution in [2.45, 2.75) is 46.6 Å². The number of aryl methyl sites for hydroxylation is 2. The van der Waals surface area contributed by atoms with Crippen molar-refractivity contribution < 1.29 is 9.53 Å². The van der Waals surface area contributed by atoms with Crippen LogP contribution in [-0.2, 0) is 11.3 Å². The molecule has 2 heterocycles. The summed E-state index contributed by atoms with van der Waals surface area (Å²) in [5.41, 5.74) is 3.86. The number of aromatic nitrogens is 5. The molecule has 0 fully saturated rings. The first-order valence-corrected chi connectivity index (χ1v) is 11.4. The van der Waals surface area contributed by atoms with E-state index in [0.29, 0.717) is 37.4 Å². The SMILES string of the molecule is CCOCCCn1c(NC(=O)c2nc(C)n(-c3ccccc3C(C)C)n2)nc2ccccc21. The van der Waals surface area contributed by atoms with Gasteiger partial charge in [0.2, 0.25) is 11.8 Å². The summed E-state index contributed by atoms with van der Waals surface area (Å²) in [4.78, 5) is 22.2. The van der Waals surface area contributed by atoms with Gasteiger partial charge in [0.25, 0.3) is 5.91 Å². The molecular weight excluding hydrogens is 416 g/mol. The summed E-state index contributed by atoms with van der Waals surface area (Å²) in [6.45, 7) is 10.1. The van der Waals surface area contributed by atoms with Crippen LogP contribution in [0.4, 0.5) is 5.95 Å². The van der Waals surface area contributed by atoms with Crippen molar-refractivity contribution in [2.75, 3.05) is 18.5 Å². The minimum Gasteiger partial charge on any atom is -0.382 e. The molecule has 0 aliphatic carbocycles. The van der Waals surface area contributed by atoms with Crippen LogP contribution in [0.25, 0.3) is 16.7 Å². The summed E-state index contributed by atoms with van der Waals surface area (Å²) in [5, 5.41) is 7.45. The molecule has 0 aliphatic heterocycles. The van der Waals surface area contributed by atoms with Gasteiger partial charge in [0, 0.05) is 19.8 Å². The Hall–Kier alpha value is -3.52. The highest BCUT2D eigenvalue weighted by Crippen LogP contribution is 2.24. The lowest BCUT2D eigenvalue weighted by Gasteiger charge is -2.12. The Morgan fingerprint density at radius 3 is 2.64 bits per heavy atom. The predicted octanol–water partition coefficient (Wildman–Crippen LogP) is 4.73. The van der Waals surface area contributed by atoms with Gasteiger partial charge in [0.1, 0.15) is 5.82 Å². The second kappa shape index (κ2) is 9.95. The largest absolute Gasteiger partial charge is 0.382 e. The molecule has 0 unspecified atom stereocenters. The smallest absolute Gasteiger partial charge is 0.297 e. The number of hydrogen-bond acceptors (Lipinski definition) is 5. The molecule has 2 aromatic carbocycles. The van der Waals surface area contributed by atoms with E-state index in [1.165, 1.54) is 0 Å². The van der Waals surface area contributed by atoms with Crippen LogP contribution >= 0.6 is 0 Å². The van der Waals surface area contributed by atoms with E-state index in [4.69, 9.17) is 4.74 Å². The minimum absolute atomic E-state index is 0.110. The lowest BCUT2D eigenvalue weighted by atomic mass is 10.0. The summed E-state index contributed by atoms with van der Waals surface area (Å²) in [5.74, 6) is 1.17. The predicted molar refractivity (Wildman–Crippen MR) is 129 cm³/mol. The van der Waals surface area contributed by atoms with Crippen LogP contribution in [0, 0.1) is 6.92 Å². The Bertz CT molecular complexity index is 1260. The summed E-state index contributed by atoms with van der Waals surface area (Å²) in [6.07, 6.45) is 0.815. The van der Waals surface area contributed by atoms with Crippen LogP contribution in [0.1, 0.15) is 55.1 Å². The number of nitrogens with zero attached hydrogens (tertiary/aromatic N) is 5. The third-order valence-electron chi connectivity index (χ3n) is 5.51. The number of fused-ring (bicyclic) bond motifs is 1. The highest BCUT2D eigenvalue weighted by molar-refractivity contribution is 6.01. The standard InChI is InChI=1S/C25H30N6O2/c1-5-33-16-10-15-30-22-14-9-7-12-20(22)27-25(30)28-24(32)23-26-18(4)31(29-23)21-13-8-6-11-19(21)17(2)3/h6-9,11-14,17H,5,10,15-16H2,1-4H3,(H,27,28,32). The Morgan fingerprint density at radius 1 is 1.09 bits per heavy atom. The molecule has 0 radical (unpaired) electrons. The van der Waals surface area contributed by atoms with E-state index in [0.717, 1.165) is 28.7 Å². The number of hydrogen-bond donors (Lipinski definition) is 1. The Balaban J connectivity index is 1.61. The Morgan fingerprint density at radius 2 is 1.85 bits per heavy atom. The topological polar surface area (TPSA) is 86.9 Å². The first-order chi connectivity index (χ1) is 16.0. The van der Waals surface area contributed by atoms with Gasteiger partial charge in [-0.15, -0.1) is 5.10 Å². The number of nitrogens with one attached hydrogen (secondary N) is 1. The van der Waals surface area contributed by atoms with Gasteiger partial charge in [-0.2, -0.15) is 0 Å². The van der Waals surface area contributed by atoms with E-state index in [1.807, 2.05) is 60.9 Å². The van der Waals surface area contributed by atoms with E-state index in [2.05, 4.69) is 40.3 Å². The maximum Gasteiger partial charge on any atom is 0.297 e. The van der Waals surface area contributed by atoms with Crippen LogP contribution in [0.5, 0.6) is 0 Å². The van der Waals surface area contributed by atoms with E-state index in [9.17, 15) is 4.79 Å². The minimum atomic E-state index is -0.389. The van der Waals surface area contributed by atoms with Gasteiger partial charge < -0.3 is 9.30 Å². The van der Waals surface area contributed by atoms with E-state index < -0.39 is 0 Å². The van der Waals surface area contributed by atoms with Crippen molar-refractivity contribution in [3.8, 4) is 5.69 Å². The van der Waals surface area contributed by atoms with Crippen LogP contribution in [-0.4, -0.2) is 43.4 Å². The first kappa shape index (κ1) is 22.7. The number of imidazole rings is 1. The molecule has 0 spiro atoms. The molecule has 8 heteroatoms. The van der Waals surface area contributed by atoms with Crippen molar-refractivity contribution in [2.24, 2.45) is 0 Å². The monoisotopic (exact) mass is 446 g/mol. The second-order valence-electron chi connectivity index (χ2n) is 8.19. The van der Waals surface area contributed by atoms with Gasteiger partial charge >= 0.3 is 0 Å². The highest BCUT2D eigenvalue weighted by atomic mass is 16.5. The number of anilines is 1. The molecule has 4 aromatic rings. The van der Waals surface area contributed by atoms with Gasteiger partial charge in [-0.3, -0.25) is 10.1 Å². The Kier molecular flexibility index (Phi) is 6.84. The summed E-state index contributed by atoms with van der Waals surface area (Å²) < 4.78 is 9.21. The molecule has 0 atom stereocenters. The molecular formula is C25H30N6O2. The van der Waals surface area contributed by atoms with Crippen LogP contribution in [0.15, 0.2) is 48.5 Å². The zero-order valence-electron chi connectivity index (χ0n) is 19.6. The number of carbonyl (C=O) groups is 1. The lowest BCUT2D eigenvalue weighted by molar-refractivity contribution is 0.101. The fourth-order valence-electron chi connectivity index (χ4n) is 3.91. The number of para-hydroxylation sites is 3. The number of ether oxygens (including phenoxy) is 1. The maximum atomic E-state index is 13.1. The van der Waals surface area contributed by atoms with Crippen LogP contribution in [0.3, 0.4) is 0 Å². The summed E-state index contributed by atoms with van der Waals surface area (Å²) in [7, 11) is 0. The van der Waals surface area contributed by atoms with Crippen molar-refractivity contribution >= 4 is 22.9 Å². The summed E-state index contributed by atoms with van der Waals surface area (Å²) in [6, 6.07) is 15.9. The second-order valence-corrected chi connectivity index (χ2v) is 8.19. The van der Waals surface area contributed by atoms with Crippen LogP contribution < -0.4 is 5.32 Å². The highest BCUT2D eigenvalue weighted by Gasteiger charge is 2.20. The molecule has 0 bridgehead atoms. The summed E-state index contributed by atoms with van der Waals surface area (Å²) >= 11 is 0. The maximum absolute atomic E-state index is 13.1. The van der Waals surface area contributed by atoms with Gasteiger partial charge in [0.05, 0.1) is 16.7 Å². The van der Waals surface area contributed by atoms with Crippen LogP contribution in [0.2, 0.25) is 0 Å². The average molecular weight is 447 g/mol. The average Bonchev–Trinajstić information content (AvgIpc) is 3.37. The normalized spacial score (nSPS) is 11.4. The number of rotatable bonds is 9. The third-order valence-corrected chi connectivity index (χ3v) is 5.51. The van der Waals surface area contributed by atoms with Crippen molar-refractivity contribution in [3.63, 3.8) is 0 Å². The fourth-order valence-corrected chi connectivity index (χ4v) is 3.91. The molecule has 1 amide bonds. The van der Waals surface area contributed by atoms with Gasteiger partial charge in [-0.1, -0.05) is 44.2 Å². The molecule has 2 aromatic heterocycles. The zero-order valence-corrected chi connectivity index (χ0v) is 19.6. The Labute approximate surface area is 193 Å². The molecule has 0 aliphatic rings. The number of amides is 1. The lowest BCUT2D eigenvalue weighted by Crippen LogP contribution is -2.18. The molecule has 33 heavy (non-hydrogen) atoms. The van der Waals surface area contributed by atoms with E-state index >= 15 is 0 Å². The molecule has 4 rings (SSSR count). The fraction of sp³-hybridized carbons (Fsp3) is 0.360. The molecule has 0 saturated carbocycles. The number of carbonyl (C=O) groups excluding carboxylic acids is 1. The van der Waals surface area contributed by atoms with Crippen molar-refractivity contribution in [1.82, 2.24) is 24.3 Å². The van der Waals surface area contributed by atoms with Gasteiger partial charge in [0.15, 0.2) is 0 Å². The molecule has 8 nitrogen and oxygen atoms in total.